The number of aliphatic hydroxyl groups excluding tert-OH is 1. The Morgan fingerprint density at radius 3 is 2.48 bits per heavy atom. The molecule has 1 aliphatic heterocycles. The molecule has 1 amide bonds. The van der Waals surface area contributed by atoms with Crippen LogP contribution in [0.1, 0.15) is 31.0 Å². The van der Waals surface area contributed by atoms with Crippen molar-refractivity contribution in [1.29, 1.82) is 0 Å². The molecule has 31 heavy (non-hydrogen) atoms. The number of rotatable bonds is 7. The highest BCUT2D eigenvalue weighted by atomic mass is 16.5. The minimum Gasteiger partial charge on any atom is -0.508 e. The summed E-state index contributed by atoms with van der Waals surface area (Å²) in [5.41, 5.74) is 0.930. The molecule has 0 aromatic heterocycles. The molecule has 1 heterocycles. The summed E-state index contributed by atoms with van der Waals surface area (Å²) in [7, 11) is 3.75. The van der Waals surface area contributed by atoms with E-state index in [4.69, 9.17) is 4.74 Å². The molecule has 3 rings (SSSR count). The molecule has 1 fully saturated rings. The van der Waals surface area contributed by atoms with E-state index in [0.29, 0.717) is 30.0 Å². The number of phenolic OH excluding ortho intramolecular Hbond substituents is 1. The number of benzene rings is 2. The van der Waals surface area contributed by atoms with Gasteiger partial charge in [0.2, 0.25) is 0 Å². The number of likely N-dealkylation sites (tertiary alicyclic amines) is 1. The quantitative estimate of drug-likeness (QED) is 0.403. The fourth-order valence-electron chi connectivity index (χ4n) is 3.60. The van der Waals surface area contributed by atoms with Gasteiger partial charge in [0.15, 0.2) is 0 Å². The van der Waals surface area contributed by atoms with E-state index in [1.807, 2.05) is 32.8 Å². The van der Waals surface area contributed by atoms with Crippen molar-refractivity contribution >= 4 is 17.4 Å². The van der Waals surface area contributed by atoms with E-state index >= 15 is 0 Å². The molecule has 1 atom stereocenters. The van der Waals surface area contributed by atoms with Gasteiger partial charge >= 0.3 is 0 Å². The van der Waals surface area contributed by atoms with Crippen LogP contribution in [0.4, 0.5) is 0 Å². The molecule has 0 bridgehead atoms. The van der Waals surface area contributed by atoms with Gasteiger partial charge in [-0.05, 0) is 57.8 Å². The molecule has 0 radical (unpaired) electrons. The second kappa shape index (κ2) is 9.22. The Labute approximate surface area is 182 Å². The van der Waals surface area contributed by atoms with Crippen LogP contribution < -0.4 is 4.74 Å². The van der Waals surface area contributed by atoms with Crippen LogP contribution in [-0.2, 0) is 9.59 Å². The summed E-state index contributed by atoms with van der Waals surface area (Å²) in [4.78, 5) is 29.2. The topological polar surface area (TPSA) is 90.3 Å². The van der Waals surface area contributed by atoms with Crippen molar-refractivity contribution in [1.82, 2.24) is 9.80 Å². The second-order valence-corrected chi connectivity index (χ2v) is 8.09. The second-order valence-electron chi connectivity index (χ2n) is 8.09. The zero-order chi connectivity index (χ0) is 22.7. The first kappa shape index (κ1) is 22.4. The lowest BCUT2D eigenvalue weighted by Gasteiger charge is -2.26. The molecule has 2 aromatic carbocycles. The number of ketones is 1. The van der Waals surface area contributed by atoms with Gasteiger partial charge in [-0.3, -0.25) is 9.59 Å². The monoisotopic (exact) mass is 424 g/mol. The Kier molecular flexibility index (Phi) is 6.65. The first-order valence-electron chi connectivity index (χ1n) is 10.2. The number of carbonyl (C=O) groups excluding carboxylic acids is 2. The van der Waals surface area contributed by atoms with E-state index in [0.717, 1.165) is 0 Å². The average Bonchev–Trinajstić information content (AvgIpc) is 2.96. The van der Waals surface area contributed by atoms with Gasteiger partial charge in [0.05, 0.1) is 17.7 Å². The molecule has 7 heteroatoms. The summed E-state index contributed by atoms with van der Waals surface area (Å²) in [6, 6.07) is 12.4. The number of amides is 1. The number of hydrogen-bond donors (Lipinski definition) is 2. The van der Waals surface area contributed by atoms with Gasteiger partial charge in [0.25, 0.3) is 11.7 Å². The number of ether oxygens (including phenoxy) is 1. The maximum Gasteiger partial charge on any atom is 0.295 e. The number of nitrogens with zero attached hydrogens (tertiary/aromatic N) is 2. The molecule has 2 aromatic rings. The number of aromatic hydroxyl groups is 1. The fourth-order valence-corrected chi connectivity index (χ4v) is 3.60. The lowest BCUT2D eigenvalue weighted by Crippen LogP contribution is -2.35. The lowest BCUT2D eigenvalue weighted by atomic mass is 9.95. The maximum absolute atomic E-state index is 13.0. The number of hydrogen-bond acceptors (Lipinski definition) is 6. The van der Waals surface area contributed by atoms with E-state index in [9.17, 15) is 19.8 Å². The summed E-state index contributed by atoms with van der Waals surface area (Å²) >= 11 is 0. The SMILES string of the molecule is CC(C)Oc1cccc(/C(O)=C2/C(=O)C(=O)N(CCN(C)C)C2c2cccc(O)c2)c1. The summed E-state index contributed by atoms with van der Waals surface area (Å²) < 4.78 is 5.69. The van der Waals surface area contributed by atoms with Crippen molar-refractivity contribution in [3.8, 4) is 11.5 Å². The number of carbonyl (C=O) groups is 2. The summed E-state index contributed by atoms with van der Waals surface area (Å²) in [5.74, 6) is -1.13. The zero-order valence-corrected chi connectivity index (χ0v) is 18.2. The number of Topliss-reactive ketones (excluding diaryl/α,β-unsaturated/α-hetero) is 1. The van der Waals surface area contributed by atoms with Crippen molar-refractivity contribution in [3.05, 3.63) is 65.2 Å². The molecule has 2 N–H and O–H groups in total. The van der Waals surface area contributed by atoms with Gasteiger partial charge in [-0.15, -0.1) is 0 Å². The predicted molar refractivity (Wildman–Crippen MR) is 118 cm³/mol. The van der Waals surface area contributed by atoms with Crippen molar-refractivity contribution in [2.24, 2.45) is 0 Å². The van der Waals surface area contributed by atoms with Crippen LogP contribution in [0.2, 0.25) is 0 Å². The Morgan fingerprint density at radius 1 is 1.13 bits per heavy atom. The predicted octanol–water partition coefficient (Wildman–Crippen LogP) is 3.16. The van der Waals surface area contributed by atoms with Crippen molar-refractivity contribution in [2.45, 2.75) is 26.0 Å². The normalized spacial score (nSPS) is 18.3. The van der Waals surface area contributed by atoms with E-state index in [-0.39, 0.29) is 23.2 Å². The summed E-state index contributed by atoms with van der Waals surface area (Å²) in [5, 5.41) is 21.1. The van der Waals surface area contributed by atoms with Gasteiger partial charge < -0.3 is 24.7 Å². The Balaban J connectivity index is 2.13. The zero-order valence-electron chi connectivity index (χ0n) is 18.2. The standard InChI is InChI=1S/C24H28N2O5/c1-15(2)31-19-10-6-8-17(14-19)22(28)20-21(16-7-5-9-18(27)13-16)26(12-11-25(3)4)24(30)23(20)29/h5-10,13-15,21,27-28H,11-12H2,1-4H3/b22-20-. The molecular weight excluding hydrogens is 396 g/mol. The average molecular weight is 424 g/mol. The van der Waals surface area contributed by atoms with Crippen LogP contribution in [0.15, 0.2) is 54.1 Å². The summed E-state index contributed by atoms with van der Waals surface area (Å²) in [6.45, 7) is 4.63. The first-order valence-corrected chi connectivity index (χ1v) is 10.2. The Bertz CT molecular complexity index is 1010. The van der Waals surface area contributed by atoms with Crippen LogP contribution >= 0.6 is 0 Å². The van der Waals surface area contributed by atoms with Crippen molar-refractivity contribution in [2.75, 3.05) is 27.2 Å². The molecule has 1 aliphatic rings. The van der Waals surface area contributed by atoms with Gasteiger partial charge in [-0.2, -0.15) is 0 Å². The minimum absolute atomic E-state index is 0.00365. The third kappa shape index (κ3) is 4.88. The van der Waals surface area contributed by atoms with Gasteiger partial charge in [-0.1, -0.05) is 24.3 Å². The highest BCUT2D eigenvalue weighted by molar-refractivity contribution is 6.46. The largest absolute Gasteiger partial charge is 0.508 e. The Hall–Kier alpha value is -3.32. The molecule has 1 unspecified atom stereocenters. The third-order valence-corrected chi connectivity index (χ3v) is 4.99. The van der Waals surface area contributed by atoms with Crippen LogP contribution in [0.5, 0.6) is 11.5 Å². The lowest BCUT2D eigenvalue weighted by molar-refractivity contribution is -0.140. The third-order valence-electron chi connectivity index (χ3n) is 4.99. The number of likely N-dealkylation sites (N-methyl/N-ethyl adjacent to an activating group) is 1. The van der Waals surface area contributed by atoms with Crippen LogP contribution in [0.25, 0.3) is 5.76 Å². The first-order chi connectivity index (χ1) is 14.7. The van der Waals surface area contributed by atoms with E-state index < -0.39 is 17.7 Å². The number of aliphatic hydroxyl groups is 1. The maximum atomic E-state index is 13.0. The smallest absolute Gasteiger partial charge is 0.295 e. The molecule has 164 valence electrons. The van der Waals surface area contributed by atoms with E-state index in [2.05, 4.69) is 0 Å². The molecule has 7 nitrogen and oxygen atoms in total. The van der Waals surface area contributed by atoms with Gasteiger partial charge in [0, 0.05) is 18.7 Å². The highest BCUT2D eigenvalue weighted by Crippen LogP contribution is 2.40. The van der Waals surface area contributed by atoms with Crippen LogP contribution in [-0.4, -0.2) is 65.0 Å². The Morgan fingerprint density at radius 2 is 1.84 bits per heavy atom. The minimum atomic E-state index is -0.804. The van der Waals surface area contributed by atoms with Gasteiger partial charge in [0.1, 0.15) is 17.3 Å². The molecule has 0 aliphatic carbocycles. The fraction of sp³-hybridized carbons (Fsp3) is 0.333. The summed E-state index contributed by atoms with van der Waals surface area (Å²) in [6.07, 6.45) is -0.0543. The van der Waals surface area contributed by atoms with E-state index in [1.54, 1.807) is 36.4 Å². The highest BCUT2D eigenvalue weighted by Gasteiger charge is 2.46. The molecule has 0 spiro atoms. The van der Waals surface area contributed by atoms with Crippen molar-refractivity contribution in [3.63, 3.8) is 0 Å². The van der Waals surface area contributed by atoms with E-state index in [1.165, 1.54) is 17.0 Å². The molecular formula is C24H28N2O5. The molecule has 1 saturated heterocycles. The van der Waals surface area contributed by atoms with Crippen molar-refractivity contribution < 1.29 is 24.5 Å². The molecule has 0 saturated carbocycles. The number of phenols is 1. The van der Waals surface area contributed by atoms with Crippen LogP contribution in [0, 0.1) is 0 Å². The van der Waals surface area contributed by atoms with Gasteiger partial charge in [-0.25, -0.2) is 0 Å². The van der Waals surface area contributed by atoms with Crippen LogP contribution in [0.3, 0.4) is 0 Å².